The van der Waals surface area contributed by atoms with E-state index >= 15 is 0 Å². The van der Waals surface area contributed by atoms with Crippen molar-refractivity contribution < 1.29 is 57.7 Å². The fourth-order valence-electron chi connectivity index (χ4n) is 2.70. The number of benzene rings is 2. The van der Waals surface area contributed by atoms with Crippen molar-refractivity contribution >= 4 is 34.9 Å². The minimum atomic E-state index is -0.898. The number of halogens is 1. The fraction of sp³-hybridized carbons (Fsp3) is 0.417. The van der Waals surface area contributed by atoms with Crippen molar-refractivity contribution in [1.82, 2.24) is 0 Å². The van der Waals surface area contributed by atoms with Crippen molar-refractivity contribution in [2.24, 2.45) is 0 Å². The Kier molecular flexibility index (Phi) is 17.5. The molecule has 41 heavy (non-hydrogen) atoms. The Morgan fingerprint density at radius 1 is 0.732 bits per heavy atom. The van der Waals surface area contributed by atoms with Crippen LogP contribution < -0.4 is 14.2 Å². The van der Waals surface area contributed by atoms with Gasteiger partial charge in [0.05, 0.1) is 63.6 Å². The molecule has 0 unspecified atom stereocenters. The molecule has 2 aromatic rings. The van der Waals surface area contributed by atoms with Gasteiger partial charge in [-0.25, -0.2) is 9.59 Å². The number of nitro benzene ring substituents is 2. The third-order valence-corrected chi connectivity index (χ3v) is 4.76. The molecule has 0 aliphatic carbocycles. The zero-order chi connectivity index (χ0) is 31.5. The highest BCUT2D eigenvalue weighted by Gasteiger charge is 2.26. The van der Waals surface area contributed by atoms with Crippen LogP contribution in [0.3, 0.4) is 0 Å². The second kappa shape index (κ2) is 19.6. The van der Waals surface area contributed by atoms with Crippen molar-refractivity contribution in [3.63, 3.8) is 0 Å². The van der Waals surface area contributed by atoms with Crippen LogP contribution in [-0.2, 0) is 18.9 Å². The highest BCUT2D eigenvalue weighted by Crippen LogP contribution is 2.35. The van der Waals surface area contributed by atoms with Gasteiger partial charge in [0.25, 0.3) is 11.4 Å². The number of hydrogen-bond donors (Lipinski definition) is 1. The smallest absolute Gasteiger partial charge is 0.345 e. The van der Waals surface area contributed by atoms with Gasteiger partial charge in [0.15, 0.2) is 23.0 Å². The molecule has 0 saturated carbocycles. The number of rotatable bonds is 12. The van der Waals surface area contributed by atoms with Crippen LogP contribution in [0.2, 0.25) is 0 Å². The lowest BCUT2D eigenvalue weighted by molar-refractivity contribution is -0.385. The number of nitro groups is 2. The van der Waals surface area contributed by atoms with E-state index in [1.807, 2.05) is 0 Å². The van der Waals surface area contributed by atoms with Crippen LogP contribution in [0, 0.1) is 20.2 Å². The van der Waals surface area contributed by atoms with Crippen LogP contribution in [0.25, 0.3) is 0 Å². The number of esters is 2. The van der Waals surface area contributed by atoms with E-state index in [2.05, 4.69) is 14.2 Å². The standard InChI is InChI=1S/C12H15NO7.C9H9NO6.C3H7ClO/c1-17-4-5-20-11-6-8(12(14)19-3)9(13(15)16)7-10(11)18-2;1-15-8-4-6(10(13)14)5(3-7(8)11)9(12)16-2;1-5-3-2-4/h6-7H,4-5H2,1-3H3;3-4,11H,1-2H3;2-3H2,1H3. The number of hydrogen-bond acceptors (Lipinski definition) is 14. The second-order valence-electron chi connectivity index (χ2n) is 7.08. The molecule has 0 saturated heterocycles. The molecule has 0 radical (unpaired) electrons. The van der Waals surface area contributed by atoms with Crippen LogP contribution >= 0.6 is 11.6 Å². The topological polar surface area (TPSA) is 205 Å². The zero-order valence-corrected chi connectivity index (χ0v) is 23.9. The number of phenols is 1. The minimum absolute atomic E-state index is 0.0839. The Balaban J connectivity index is 0.000000681. The molecule has 0 bridgehead atoms. The van der Waals surface area contributed by atoms with E-state index in [0.717, 1.165) is 32.4 Å². The van der Waals surface area contributed by atoms with E-state index in [9.17, 15) is 34.9 Å². The summed E-state index contributed by atoms with van der Waals surface area (Å²) >= 11 is 5.18. The highest BCUT2D eigenvalue weighted by molar-refractivity contribution is 6.17. The first-order valence-corrected chi connectivity index (χ1v) is 11.8. The lowest BCUT2D eigenvalue weighted by Gasteiger charge is -2.12. The maximum absolute atomic E-state index is 11.6. The Morgan fingerprint density at radius 3 is 1.56 bits per heavy atom. The van der Waals surface area contributed by atoms with Gasteiger partial charge in [0.2, 0.25) is 0 Å². The minimum Gasteiger partial charge on any atom is -0.504 e. The third-order valence-electron chi connectivity index (χ3n) is 4.61. The number of ether oxygens (including phenoxy) is 7. The highest BCUT2D eigenvalue weighted by atomic mass is 35.5. The summed E-state index contributed by atoms with van der Waals surface area (Å²) in [5.41, 5.74) is -1.43. The predicted molar refractivity (Wildman–Crippen MR) is 144 cm³/mol. The van der Waals surface area contributed by atoms with Crippen molar-refractivity contribution in [3.8, 4) is 23.0 Å². The molecule has 0 heterocycles. The molecule has 0 aromatic heterocycles. The molecule has 1 N–H and O–H groups in total. The average molecular weight is 607 g/mol. The van der Waals surface area contributed by atoms with Gasteiger partial charge in [-0.15, -0.1) is 11.6 Å². The van der Waals surface area contributed by atoms with Crippen molar-refractivity contribution in [2.75, 3.05) is 68.4 Å². The van der Waals surface area contributed by atoms with E-state index in [4.69, 9.17) is 30.5 Å². The van der Waals surface area contributed by atoms with Crippen molar-refractivity contribution in [3.05, 3.63) is 55.6 Å². The maximum Gasteiger partial charge on any atom is 0.345 e. The summed E-state index contributed by atoms with van der Waals surface area (Å²) in [6, 6.07) is 4.23. The average Bonchev–Trinajstić information content (AvgIpc) is 2.96. The van der Waals surface area contributed by atoms with Gasteiger partial charge in [0, 0.05) is 32.2 Å². The summed E-state index contributed by atoms with van der Waals surface area (Å²) in [5.74, 6) is -1.22. The fourth-order valence-corrected chi connectivity index (χ4v) is 2.86. The molecule has 0 aliphatic rings. The molecular weight excluding hydrogens is 576 g/mol. The third kappa shape index (κ3) is 11.7. The van der Waals surface area contributed by atoms with Crippen molar-refractivity contribution in [1.29, 1.82) is 0 Å². The molecule has 0 atom stereocenters. The summed E-state index contributed by atoms with van der Waals surface area (Å²) in [5, 5.41) is 31.0. The van der Waals surface area contributed by atoms with E-state index in [1.165, 1.54) is 27.4 Å². The molecule has 2 rings (SSSR count). The molecular formula is C24H31ClN2O14. The molecule has 2 aromatic carbocycles. The van der Waals surface area contributed by atoms with Crippen molar-refractivity contribution in [2.45, 2.75) is 0 Å². The van der Waals surface area contributed by atoms with Gasteiger partial charge >= 0.3 is 11.9 Å². The summed E-state index contributed by atoms with van der Waals surface area (Å²) in [6.07, 6.45) is 0. The Hall–Kier alpha value is -4.41. The summed E-state index contributed by atoms with van der Waals surface area (Å²) in [6.45, 7) is 1.19. The molecule has 0 spiro atoms. The maximum atomic E-state index is 11.6. The molecule has 17 heteroatoms. The van der Waals surface area contributed by atoms with E-state index < -0.39 is 33.2 Å². The summed E-state index contributed by atoms with van der Waals surface area (Å²) < 4.78 is 33.3. The summed E-state index contributed by atoms with van der Waals surface area (Å²) in [7, 11) is 7.96. The largest absolute Gasteiger partial charge is 0.504 e. The normalized spacial score (nSPS) is 9.63. The predicted octanol–water partition coefficient (Wildman–Crippen LogP) is 3.38. The number of carbonyl (C=O) groups is 2. The van der Waals surface area contributed by atoms with Gasteiger partial charge in [0.1, 0.15) is 17.7 Å². The number of methoxy groups -OCH3 is 6. The zero-order valence-electron chi connectivity index (χ0n) is 23.2. The molecule has 16 nitrogen and oxygen atoms in total. The first-order valence-electron chi connectivity index (χ1n) is 11.2. The van der Waals surface area contributed by atoms with Gasteiger partial charge in [-0.2, -0.15) is 0 Å². The van der Waals surface area contributed by atoms with E-state index in [0.29, 0.717) is 19.1 Å². The van der Waals surface area contributed by atoms with Gasteiger partial charge < -0.3 is 38.3 Å². The van der Waals surface area contributed by atoms with Crippen LogP contribution in [-0.4, -0.2) is 95.3 Å². The summed E-state index contributed by atoms with van der Waals surface area (Å²) in [4.78, 5) is 43.0. The van der Waals surface area contributed by atoms with Crippen LogP contribution in [0.15, 0.2) is 24.3 Å². The molecule has 0 amide bonds. The molecule has 0 fully saturated rings. The van der Waals surface area contributed by atoms with Gasteiger partial charge in [-0.1, -0.05) is 0 Å². The lowest BCUT2D eigenvalue weighted by atomic mass is 10.1. The lowest BCUT2D eigenvalue weighted by Crippen LogP contribution is -2.09. The Labute approximate surface area is 239 Å². The second-order valence-corrected chi connectivity index (χ2v) is 7.46. The first kappa shape index (κ1) is 36.6. The number of phenolic OH excluding ortho intramolecular Hbond substituents is 1. The Bertz CT molecular complexity index is 1170. The molecule has 0 aliphatic heterocycles. The van der Waals surface area contributed by atoms with E-state index in [1.54, 1.807) is 7.11 Å². The number of alkyl halides is 1. The van der Waals surface area contributed by atoms with Crippen LogP contribution in [0.1, 0.15) is 20.7 Å². The number of carbonyl (C=O) groups excluding carboxylic acids is 2. The Morgan fingerprint density at radius 2 is 1.20 bits per heavy atom. The number of aromatic hydroxyl groups is 1. The van der Waals surface area contributed by atoms with Gasteiger partial charge in [-0.3, -0.25) is 20.2 Å². The van der Waals surface area contributed by atoms with Gasteiger partial charge in [-0.05, 0) is 0 Å². The number of nitrogens with zero attached hydrogens (tertiary/aromatic N) is 2. The molecule has 228 valence electrons. The van der Waals surface area contributed by atoms with Crippen LogP contribution in [0.4, 0.5) is 11.4 Å². The quantitative estimate of drug-likeness (QED) is 0.121. The van der Waals surface area contributed by atoms with E-state index in [-0.39, 0.29) is 40.7 Å². The van der Waals surface area contributed by atoms with Crippen LogP contribution in [0.5, 0.6) is 23.0 Å². The SMILES string of the molecule is COC(=O)c1cc(O)c(OC)cc1[N+](=O)[O-].COCCCl.COCCOc1cc(C(=O)OC)c([N+](=O)[O-])cc1OC. The first-order chi connectivity index (χ1) is 19.5. The monoisotopic (exact) mass is 606 g/mol.